The molecular weight excluding hydrogens is 351 g/mol. The van der Waals surface area contributed by atoms with Gasteiger partial charge in [0.15, 0.2) is 0 Å². The van der Waals surface area contributed by atoms with Crippen molar-refractivity contribution < 1.29 is 9.50 Å². The Balaban J connectivity index is 1.44. The van der Waals surface area contributed by atoms with Crippen molar-refractivity contribution in [2.75, 3.05) is 19.7 Å². The van der Waals surface area contributed by atoms with Crippen LogP contribution in [0.4, 0.5) is 4.39 Å². The first-order chi connectivity index (χ1) is 13.7. The lowest BCUT2D eigenvalue weighted by atomic mass is 9.76. The average molecular weight is 378 g/mol. The second-order valence-electron chi connectivity index (χ2n) is 8.10. The monoisotopic (exact) mass is 378 g/mol. The Morgan fingerprint density at radius 2 is 1.93 bits per heavy atom. The number of piperidine rings is 1. The molecule has 1 unspecified atom stereocenters. The summed E-state index contributed by atoms with van der Waals surface area (Å²) in [6, 6.07) is 19.2. The van der Waals surface area contributed by atoms with Crippen molar-refractivity contribution >= 4 is 10.9 Å². The van der Waals surface area contributed by atoms with E-state index in [4.69, 9.17) is 4.98 Å². The summed E-state index contributed by atoms with van der Waals surface area (Å²) in [7, 11) is 0. The molecule has 146 valence electrons. The molecule has 1 N–H and O–H groups in total. The third-order valence-corrected chi connectivity index (χ3v) is 5.96. The summed E-state index contributed by atoms with van der Waals surface area (Å²) in [6.45, 7) is 2.90. The minimum atomic E-state index is -0.232. The molecule has 1 fully saturated rings. The molecule has 1 saturated heterocycles. The number of fused-ring (bicyclic) bond motifs is 1. The topological polar surface area (TPSA) is 36.4 Å². The summed E-state index contributed by atoms with van der Waals surface area (Å²) in [6.07, 6.45) is 4.15. The van der Waals surface area contributed by atoms with E-state index in [1.54, 1.807) is 6.07 Å². The molecule has 0 bridgehead atoms. The van der Waals surface area contributed by atoms with Gasteiger partial charge in [-0.25, -0.2) is 4.39 Å². The molecule has 1 aliphatic heterocycles. The number of likely N-dealkylation sites (tertiary alicyclic amines) is 1. The molecule has 4 rings (SSSR count). The van der Waals surface area contributed by atoms with Gasteiger partial charge in [0.1, 0.15) is 5.82 Å². The summed E-state index contributed by atoms with van der Waals surface area (Å²) in [5.74, 6) is -0.232. The van der Waals surface area contributed by atoms with Gasteiger partial charge >= 0.3 is 0 Å². The van der Waals surface area contributed by atoms with Gasteiger partial charge in [-0.1, -0.05) is 36.4 Å². The molecule has 1 aliphatic rings. The minimum absolute atomic E-state index is 0.0476. The summed E-state index contributed by atoms with van der Waals surface area (Å²) in [5.41, 5.74) is 3.11. The maximum Gasteiger partial charge on any atom is 0.123 e. The Kier molecular flexibility index (Phi) is 5.69. The lowest BCUT2D eigenvalue weighted by Gasteiger charge is -2.42. The van der Waals surface area contributed by atoms with Crippen LogP contribution in [0.3, 0.4) is 0 Å². The normalized spacial score (nSPS) is 20.5. The van der Waals surface area contributed by atoms with Gasteiger partial charge in [0.2, 0.25) is 0 Å². The van der Waals surface area contributed by atoms with Gasteiger partial charge in [-0.3, -0.25) is 9.88 Å². The zero-order valence-electron chi connectivity index (χ0n) is 16.1. The zero-order chi connectivity index (χ0) is 19.4. The van der Waals surface area contributed by atoms with E-state index in [1.807, 2.05) is 18.2 Å². The fourth-order valence-electron chi connectivity index (χ4n) is 4.37. The lowest BCUT2D eigenvalue weighted by Crippen LogP contribution is -2.45. The highest BCUT2D eigenvalue weighted by molar-refractivity contribution is 5.78. The van der Waals surface area contributed by atoms with Gasteiger partial charge in [0.05, 0.1) is 11.2 Å². The SMILES string of the molecule is OCC1(CCc2ccccc2)CCCN(Cc2ccc3cc(F)ccc3n2)C1. The molecule has 0 saturated carbocycles. The number of aromatic nitrogens is 1. The van der Waals surface area contributed by atoms with Crippen LogP contribution in [0.15, 0.2) is 60.7 Å². The van der Waals surface area contributed by atoms with E-state index < -0.39 is 0 Å². The second-order valence-corrected chi connectivity index (χ2v) is 8.10. The maximum absolute atomic E-state index is 13.4. The van der Waals surface area contributed by atoms with Crippen molar-refractivity contribution in [1.82, 2.24) is 9.88 Å². The van der Waals surface area contributed by atoms with E-state index in [-0.39, 0.29) is 17.8 Å². The van der Waals surface area contributed by atoms with Crippen molar-refractivity contribution in [2.24, 2.45) is 5.41 Å². The van der Waals surface area contributed by atoms with E-state index in [2.05, 4.69) is 29.2 Å². The first-order valence-electron chi connectivity index (χ1n) is 10.1. The number of aryl methyl sites for hydroxylation is 1. The molecule has 28 heavy (non-hydrogen) atoms. The summed E-state index contributed by atoms with van der Waals surface area (Å²) in [5, 5.41) is 11.0. The molecular formula is C24H27FN2O. The third-order valence-electron chi connectivity index (χ3n) is 5.96. The first kappa shape index (κ1) is 19.0. The number of rotatable bonds is 6. The van der Waals surface area contributed by atoms with Crippen molar-refractivity contribution in [3.8, 4) is 0 Å². The van der Waals surface area contributed by atoms with Gasteiger partial charge in [-0.15, -0.1) is 0 Å². The van der Waals surface area contributed by atoms with E-state index >= 15 is 0 Å². The van der Waals surface area contributed by atoms with Crippen LogP contribution in [0.2, 0.25) is 0 Å². The standard InChI is InChI=1S/C24H27FN2O/c25-21-8-10-23-20(15-21)7-9-22(26-23)16-27-14-4-12-24(17-27,18-28)13-11-19-5-2-1-3-6-19/h1-3,5-10,15,28H,4,11-14,16-18H2. The van der Waals surface area contributed by atoms with Gasteiger partial charge in [-0.05, 0) is 62.1 Å². The quantitative estimate of drug-likeness (QED) is 0.682. The number of nitrogens with zero attached hydrogens (tertiary/aromatic N) is 2. The number of aliphatic hydroxyl groups excluding tert-OH is 1. The van der Waals surface area contributed by atoms with Gasteiger partial charge in [0.25, 0.3) is 0 Å². The van der Waals surface area contributed by atoms with Crippen molar-refractivity contribution in [1.29, 1.82) is 0 Å². The first-order valence-corrected chi connectivity index (χ1v) is 10.1. The van der Waals surface area contributed by atoms with E-state index in [1.165, 1.54) is 17.7 Å². The highest BCUT2D eigenvalue weighted by Crippen LogP contribution is 2.35. The zero-order valence-corrected chi connectivity index (χ0v) is 16.1. The largest absolute Gasteiger partial charge is 0.396 e. The summed E-state index contributed by atoms with van der Waals surface area (Å²) in [4.78, 5) is 7.11. The number of pyridine rings is 1. The Labute approximate surface area is 165 Å². The maximum atomic E-state index is 13.4. The molecule has 0 aliphatic carbocycles. The molecule has 0 spiro atoms. The number of hydrogen-bond donors (Lipinski definition) is 1. The molecule has 1 atom stereocenters. The highest BCUT2D eigenvalue weighted by atomic mass is 19.1. The van der Waals surface area contributed by atoms with Gasteiger partial charge < -0.3 is 5.11 Å². The van der Waals surface area contributed by atoms with Crippen LogP contribution >= 0.6 is 0 Å². The molecule has 0 radical (unpaired) electrons. The van der Waals surface area contributed by atoms with Crippen molar-refractivity contribution in [3.63, 3.8) is 0 Å². The molecule has 2 aromatic carbocycles. The van der Waals surface area contributed by atoms with Crippen molar-refractivity contribution in [3.05, 3.63) is 77.7 Å². The predicted octanol–water partition coefficient (Wildman–Crippen LogP) is 4.58. The van der Waals surface area contributed by atoms with Crippen LogP contribution in [0.1, 0.15) is 30.5 Å². The van der Waals surface area contributed by atoms with Crippen molar-refractivity contribution in [2.45, 2.75) is 32.2 Å². The van der Waals surface area contributed by atoms with Crippen LogP contribution in [-0.2, 0) is 13.0 Å². The number of hydrogen-bond acceptors (Lipinski definition) is 3. The molecule has 2 heterocycles. The third kappa shape index (κ3) is 4.40. The lowest BCUT2D eigenvalue weighted by molar-refractivity contribution is 0.0219. The second kappa shape index (κ2) is 8.38. The Hall–Kier alpha value is -2.30. The highest BCUT2D eigenvalue weighted by Gasteiger charge is 2.34. The molecule has 3 aromatic rings. The van der Waals surface area contributed by atoms with E-state index in [0.717, 1.165) is 61.9 Å². The van der Waals surface area contributed by atoms with Crippen LogP contribution in [0, 0.1) is 11.2 Å². The minimum Gasteiger partial charge on any atom is -0.396 e. The van der Waals surface area contributed by atoms with E-state index in [0.29, 0.717) is 0 Å². The van der Waals surface area contributed by atoms with Gasteiger partial charge in [-0.2, -0.15) is 0 Å². The summed E-state index contributed by atoms with van der Waals surface area (Å²) >= 11 is 0. The molecule has 0 amide bonds. The van der Waals surface area contributed by atoms with Crippen LogP contribution < -0.4 is 0 Å². The van der Waals surface area contributed by atoms with E-state index in [9.17, 15) is 9.50 Å². The molecule has 4 heteroatoms. The smallest absolute Gasteiger partial charge is 0.123 e. The average Bonchev–Trinajstić information content (AvgIpc) is 2.73. The number of aliphatic hydroxyl groups is 1. The number of benzene rings is 2. The Bertz CT molecular complexity index is 930. The predicted molar refractivity (Wildman–Crippen MR) is 110 cm³/mol. The van der Waals surface area contributed by atoms with Gasteiger partial charge in [0, 0.05) is 30.5 Å². The van der Waals surface area contributed by atoms with Crippen LogP contribution in [0.5, 0.6) is 0 Å². The number of halogens is 1. The summed E-state index contributed by atoms with van der Waals surface area (Å²) < 4.78 is 13.4. The Morgan fingerprint density at radius 1 is 1.07 bits per heavy atom. The molecule has 1 aromatic heterocycles. The molecule has 3 nitrogen and oxygen atoms in total. The Morgan fingerprint density at radius 3 is 2.75 bits per heavy atom. The van der Waals surface area contributed by atoms with Crippen LogP contribution in [-0.4, -0.2) is 34.7 Å². The van der Waals surface area contributed by atoms with Crippen LogP contribution in [0.25, 0.3) is 10.9 Å². The fourth-order valence-corrected chi connectivity index (χ4v) is 4.37. The fraction of sp³-hybridized carbons (Fsp3) is 0.375.